The van der Waals surface area contributed by atoms with Crippen LogP contribution in [0.1, 0.15) is 60.9 Å². The van der Waals surface area contributed by atoms with Crippen molar-refractivity contribution in [3.63, 3.8) is 0 Å². The third-order valence-corrected chi connectivity index (χ3v) is 7.00. The topological polar surface area (TPSA) is 98.2 Å². The van der Waals surface area contributed by atoms with Gasteiger partial charge >= 0.3 is 11.9 Å². The zero-order valence-corrected chi connectivity index (χ0v) is 20.7. The van der Waals surface area contributed by atoms with Gasteiger partial charge in [-0.15, -0.1) is 0 Å². The molecule has 4 rings (SSSR count). The number of aromatic nitrogens is 1. The van der Waals surface area contributed by atoms with E-state index >= 15 is 0 Å². The Bertz CT molecular complexity index is 1080. The molecule has 1 saturated carbocycles. The summed E-state index contributed by atoms with van der Waals surface area (Å²) in [5.74, 6) is -0.445. The van der Waals surface area contributed by atoms with Crippen LogP contribution in [0, 0.1) is 17.7 Å². The molecular formula is C27H33FN2O6. The highest BCUT2D eigenvalue weighted by atomic mass is 19.1. The maximum absolute atomic E-state index is 14.7. The monoisotopic (exact) mass is 500 g/mol. The van der Waals surface area contributed by atoms with Crippen molar-refractivity contribution in [3.8, 4) is 11.6 Å². The van der Waals surface area contributed by atoms with Crippen LogP contribution in [0.25, 0.3) is 0 Å². The molecule has 2 heterocycles. The highest BCUT2D eigenvalue weighted by Crippen LogP contribution is 2.45. The Morgan fingerprint density at radius 2 is 1.94 bits per heavy atom. The molecule has 1 atom stereocenters. The van der Waals surface area contributed by atoms with Gasteiger partial charge in [-0.2, -0.15) is 0 Å². The molecule has 1 N–H and O–H groups in total. The first-order valence-corrected chi connectivity index (χ1v) is 12.5. The molecule has 1 aliphatic carbocycles. The third-order valence-electron chi connectivity index (χ3n) is 7.00. The molecule has 0 amide bonds. The molecule has 0 spiro atoms. The van der Waals surface area contributed by atoms with Gasteiger partial charge in [-0.1, -0.05) is 0 Å². The number of aromatic carboxylic acids is 1. The zero-order chi connectivity index (χ0) is 25.7. The number of benzene rings is 1. The van der Waals surface area contributed by atoms with Crippen LogP contribution >= 0.6 is 0 Å². The molecule has 1 aromatic heterocycles. The van der Waals surface area contributed by atoms with Crippen molar-refractivity contribution in [1.82, 2.24) is 4.98 Å². The summed E-state index contributed by atoms with van der Waals surface area (Å²) in [4.78, 5) is 29.9. The van der Waals surface area contributed by atoms with E-state index in [4.69, 9.17) is 14.2 Å². The van der Waals surface area contributed by atoms with Crippen LogP contribution in [0.5, 0.6) is 11.6 Å². The largest absolute Gasteiger partial charge is 0.497 e. The van der Waals surface area contributed by atoms with Gasteiger partial charge < -0.3 is 24.2 Å². The lowest BCUT2D eigenvalue weighted by Gasteiger charge is -2.34. The first-order valence-electron chi connectivity index (χ1n) is 12.5. The lowest BCUT2D eigenvalue weighted by atomic mass is 9.91. The van der Waals surface area contributed by atoms with E-state index in [0.717, 1.165) is 25.7 Å². The Balaban J connectivity index is 1.36. The van der Waals surface area contributed by atoms with Crippen molar-refractivity contribution >= 4 is 17.6 Å². The van der Waals surface area contributed by atoms with Gasteiger partial charge in [0.2, 0.25) is 5.88 Å². The third kappa shape index (κ3) is 6.25. The number of carboxylic acid groups (broad SMARTS) is 1. The van der Waals surface area contributed by atoms with E-state index in [1.165, 1.54) is 6.20 Å². The molecule has 1 aromatic carbocycles. The normalized spacial score (nSPS) is 16.9. The Morgan fingerprint density at radius 3 is 2.58 bits per heavy atom. The Hall–Kier alpha value is -3.36. The number of ether oxygens (including phenoxy) is 3. The summed E-state index contributed by atoms with van der Waals surface area (Å²) < 4.78 is 31.0. The van der Waals surface area contributed by atoms with E-state index in [1.54, 1.807) is 38.3 Å². The second kappa shape index (κ2) is 11.6. The fraction of sp³-hybridized carbons (Fsp3) is 0.519. The van der Waals surface area contributed by atoms with Crippen LogP contribution in [0.2, 0.25) is 0 Å². The van der Waals surface area contributed by atoms with Crippen LogP contribution in [0.4, 0.5) is 10.1 Å². The predicted molar refractivity (Wildman–Crippen MR) is 131 cm³/mol. The maximum atomic E-state index is 14.7. The molecule has 2 aromatic rings. The standard InChI is InChI=1S/C27H33FN2O6/c1-3-35-26(31)14-21(18-4-5-18)22-13-25(29-15-23(22)28)36-16-17-8-10-30(11-9-17)24-12-19(34-2)6-7-20(24)27(32)33/h6-7,12-13,15,17-18,21H,3-5,8-11,14,16H2,1-2H3,(H,32,33). The van der Waals surface area contributed by atoms with E-state index < -0.39 is 11.8 Å². The van der Waals surface area contributed by atoms with Gasteiger partial charge in [-0.3, -0.25) is 4.79 Å². The number of piperidine rings is 1. The van der Waals surface area contributed by atoms with E-state index in [0.29, 0.717) is 49.2 Å². The molecule has 1 saturated heterocycles. The van der Waals surface area contributed by atoms with Gasteiger partial charge in [-0.05, 0) is 62.1 Å². The predicted octanol–water partition coefficient (Wildman–Crippen LogP) is 4.67. The number of methoxy groups -OCH3 is 1. The van der Waals surface area contributed by atoms with E-state index in [1.807, 2.05) is 0 Å². The number of hydrogen-bond donors (Lipinski definition) is 1. The molecule has 0 radical (unpaired) electrons. The van der Waals surface area contributed by atoms with Crippen molar-refractivity contribution in [1.29, 1.82) is 0 Å². The van der Waals surface area contributed by atoms with Crippen molar-refractivity contribution < 1.29 is 33.3 Å². The number of pyridine rings is 1. The average Bonchev–Trinajstić information content (AvgIpc) is 3.72. The molecular weight excluding hydrogens is 467 g/mol. The van der Waals surface area contributed by atoms with Gasteiger partial charge in [-0.25, -0.2) is 14.2 Å². The SMILES string of the molecule is CCOC(=O)CC(c1cc(OCC2CCN(c3cc(OC)ccc3C(=O)O)CC2)ncc1F)C1CC1. The number of hydrogen-bond acceptors (Lipinski definition) is 7. The number of nitrogens with zero attached hydrogens (tertiary/aromatic N) is 2. The van der Waals surface area contributed by atoms with Crippen LogP contribution in [0.15, 0.2) is 30.5 Å². The van der Waals surface area contributed by atoms with Gasteiger partial charge in [0, 0.05) is 31.1 Å². The minimum absolute atomic E-state index is 0.153. The number of halogens is 1. The van der Waals surface area contributed by atoms with Crippen molar-refractivity contribution in [2.75, 3.05) is 38.3 Å². The summed E-state index contributed by atoms with van der Waals surface area (Å²) in [6, 6.07) is 6.61. The van der Waals surface area contributed by atoms with Crippen LogP contribution in [0.3, 0.4) is 0 Å². The van der Waals surface area contributed by atoms with Gasteiger partial charge in [0.25, 0.3) is 0 Å². The fourth-order valence-corrected chi connectivity index (χ4v) is 4.85. The van der Waals surface area contributed by atoms with Crippen LogP contribution in [-0.2, 0) is 9.53 Å². The minimum Gasteiger partial charge on any atom is -0.497 e. The second-order valence-electron chi connectivity index (χ2n) is 9.43. The highest BCUT2D eigenvalue weighted by Gasteiger charge is 2.36. The summed E-state index contributed by atoms with van der Waals surface area (Å²) in [7, 11) is 1.56. The first-order chi connectivity index (χ1) is 17.4. The smallest absolute Gasteiger partial charge is 0.337 e. The highest BCUT2D eigenvalue weighted by molar-refractivity contribution is 5.95. The molecule has 2 fully saturated rings. The molecule has 1 unspecified atom stereocenters. The van der Waals surface area contributed by atoms with Crippen LogP contribution < -0.4 is 14.4 Å². The number of rotatable bonds is 11. The van der Waals surface area contributed by atoms with Gasteiger partial charge in [0.15, 0.2) is 0 Å². The van der Waals surface area contributed by atoms with E-state index in [-0.39, 0.29) is 35.7 Å². The molecule has 2 aliphatic rings. The van der Waals surface area contributed by atoms with Crippen molar-refractivity contribution in [2.45, 2.75) is 44.9 Å². The van der Waals surface area contributed by atoms with Crippen molar-refractivity contribution in [3.05, 3.63) is 47.4 Å². The number of carboxylic acids is 1. The molecule has 0 bridgehead atoms. The van der Waals surface area contributed by atoms with Crippen LogP contribution in [-0.4, -0.2) is 55.4 Å². The maximum Gasteiger partial charge on any atom is 0.337 e. The Morgan fingerprint density at radius 1 is 1.19 bits per heavy atom. The lowest BCUT2D eigenvalue weighted by molar-refractivity contribution is -0.143. The lowest BCUT2D eigenvalue weighted by Crippen LogP contribution is -2.36. The summed E-state index contributed by atoms with van der Waals surface area (Å²) in [5.41, 5.74) is 1.37. The average molecular weight is 501 g/mol. The van der Waals surface area contributed by atoms with E-state index in [2.05, 4.69) is 9.88 Å². The van der Waals surface area contributed by atoms with E-state index in [9.17, 15) is 19.1 Å². The minimum atomic E-state index is -0.969. The summed E-state index contributed by atoms with van der Waals surface area (Å²) in [6.07, 6.45) is 4.90. The molecule has 1 aliphatic heterocycles. The Kier molecular flexibility index (Phi) is 8.28. The molecule has 194 valence electrons. The summed E-state index contributed by atoms with van der Waals surface area (Å²) in [5, 5.41) is 9.57. The number of carbonyl (C=O) groups is 2. The number of carbonyl (C=O) groups excluding carboxylic acids is 1. The number of esters is 1. The molecule has 8 nitrogen and oxygen atoms in total. The molecule has 36 heavy (non-hydrogen) atoms. The fourth-order valence-electron chi connectivity index (χ4n) is 4.85. The summed E-state index contributed by atoms with van der Waals surface area (Å²) >= 11 is 0. The molecule has 9 heteroatoms. The van der Waals surface area contributed by atoms with Crippen molar-refractivity contribution in [2.24, 2.45) is 11.8 Å². The summed E-state index contributed by atoms with van der Waals surface area (Å²) in [6.45, 7) is 3.87. The Labute approximate surface area is 210 Å². The first kappa shape index (κ1) is 25.7. The van der Waals surface area contributed by atoms with Gasteiger partial charge in [0.05, 0.1) is 44.2 Å². The number of anilines is 1. The van der Waals surface area contributed by atoms with Gasteiger partial charge in [0.1, 0.15) is 11.6 Å². The zero-order valence-electron chi connectivity index (χ0n) is 20.7. The quantitative estimate of drug-likeness (QED) is 0.445. The second-order valence-corrected chi connectivity index (χ2v) is 9.43.